The fourth-order valence-electron chi connectivity index (χ4n) is 15.0. The summed E-state index contributed by atoms with van der Waals surface area (Å²) in [4.78, 5) is 86.1. The molecule has 6 aliphatic heterocycles. The van der Waals surface area contributed by atoms with Crippen molar-refractivity contribution in [2.24, 2.45) is 5.73 Å². The highest BCUT2D eigenvalue weighted by molar-refractivity contribution is 14.1. The fourth-order valence-corrected chi connectivity index (χ4v) is 17.4. The topological polar surface area (TPSA) is 535 Å². The van der Waals surface area contributed by atoms with Crippen LogP contribution >= 0.6 is 119 Å². The zero-order valence-corrected chi connectivity index (χ0v) is 91.5. The molecule has 0 spiro atoms. The number of esters is 4. The number of rotatable bonds is 11. The van der Waals surface area contributed by atoms with Crippen LogP contribution in [-0.4, -0.2) is 202 Å². The molecule has 0 atom stereocenters. The predicted molar refractivity (Wildman–Crippen MR) is 562 cm³/mol. The number of aliphatic hydroxyl groups excluding tert-OH is 2. The van der Waals surface area contributed by atoms with Crippen LogP contribution in [0.25, 0.3) is 68.3 Å². The summed E-state index contributed by atoms with van der Waals surface area (Å²) in [5.74, 6) is 18.9. The quantitative estimate of drug-likeness (QED) is 0.0158. The van der Waals surface area contributed by atoms with Crippen molar-refractivity contribution in [1.82, 2.24) is 63.5 Å². The first kappa shape index (κ1) is 115. The molecule has 0 saturated heterocycles. The summed E-state index contributed by atoms with van der Waals surface area (Å²) in [6.45, 7) is 15.2. The maximum Gasteiger partial charge on any atom is 0.358 e. The summed E-state index contributed by atoms with van der Waals surface area (Å²) in [7, 11) is 12.6. The highest BCUT2D eigenvalue weighted by Gasteiger charge is 2.35. The van der Waals surface area contributed by atoms with Gasteiger partial charge in [-0.25, -0.2) is 53.3 Å². The molecule has 0 aliphatic carbocycles. The molecule has 6 aromatic heterocycles. The van der Waals surface area contributed by atoms with Gasteiger partial charge in [0.1, 0.15) is 130 Å². The van der Waals surface area contributed by atoms with Gasteiger partial charge in [-0.2, -0.15) is 15.8 Å². The van der Waals surface area contributed by atoms with E-state index in [4.69, 9.17) is 96.2 Å². The van der Waals surface area contributed by atoms with Crippen LogP contribution < -0.4 is 40.3 Å². The number of nitrogens with two attached hydrogens (primary N) is 1. The summed E-state index contributed by atoms with van der Waals surface area (Å²) >= 11 is 21.9. The van der Waals surface area contributed by atoms with E-state index in [2.05, 4.69) is 179 Å². The monoisotopic (exact) mass is 2440 g/mol. The van der Waals surface area contributed by atoms with Crippen molar-refractivity contribution in [3.8, 4) is 157 Å². The van der Waals surface area contributed by atoms with E-state index < -0.39 is 55.8 Å². The smallest absolute Gasteiger partial charge is 0.358 e. The van der Waals surface area contributed by atoms with Gasteiger partial charge in [0.05, 0.1) is 192 Å². The van der Waals surface area contributed by atoms with Gasteiger partial charge in [0.15, 0.2) is 28.5 Å². The number of nitrogens with zero attached hydrogens (tertiary/aromatic N) is 15. The lowest BCUT2D eigenvalue weighted by Crippen LogP contribution is -2.16. The molecule has 0 bridgehead atoms. The molecule has 18 rings (SSSR count). The number of aromatic nitrogens is 12. The number of ether oxygens (including phenoxy) is 10. The number of benzene rings is 6. The Morgan fingerprint density at radius 3 is 0.911 bits per heavy atom. The van der Waals surface area contributed by atoms with Crippen molar-refractivity contribution in [1.29, 1.82) is 15.8 Å². The predicted octanol–water partition coefficient (Wildman–Crippen LogP) is 15.3. The minimum Gasteiger partial charge on any atom is -0.491 e. The highest BCUT2D eigenvalue weighted by Crippen LogP contribution is 2.43. The van der Waals surface area contributed by atoms with Crippen LogP contribution in [0.2, 0.25) is 0 Å². The number of terminal acetylenes is 1. The zero-order valence-electron chi connectivity index (χ0n) is 79.9. The number of aliphatic hydroxyl groups is 5. The number of amides is 1. The number of primary amides is 1. The van der Waals surface area contributed by atoms with Crippen LogP contribution in [-0.2, 0) is 106 Å². The Balaban J connectivity index is 0.000000176. The van der Waals surface area contributed by atoms with E-state index in [0.717, 1.165) is 66.9 Å². The van der Waals surface area contributed by atoms with Crippen LogP contribution in [0.3, 0.4) is 0 Å². The maximum atomic E-state index is 12.1. The number of carbonyl (C=O) groups is 5. The molecule has 0 radical (unpaired) electrons. The average molecular weight is 2440 g/mol. The first-order valence-electron chi connectivity index (χ1n) is 43.5. The first-order chi connectivity index (χ1) is 69.1. The van der Waals surface area contributed by atoms with Crippen molar-refractivity contribution in [2.75, 3.05) is 68.1 Å². The van der Waals surface area contributed by atoms with Gasteiger partial charge in [-0.15, -0.1) is 18.0 Å². The lowest BCUT2D eigenvalue weighted by molar-refractivity contribution is 0.0582. The lowest BCUT2D eigenvalue weighted by atomic mass is 10.1. The van der Waals surface area contributed by atoms with Crippen LogP contribution in [0.15, 0.2) is 127 Å². The molecule has 12 heterocycles. The Hall–Kier alpha value is -12.7. The van der Waals surface area contributed by atoms with Crippen molar-refractivity contribution in [2.45, 2.75) is 136 Å². The second-order valence-electron chi connectivity index (χ2n) is 32.6. The Morgan fingerprint density at radius 2 is 0.658 bits per heavy atom. The number of methoxy groups -OCH3 is 4. The van der Waals surface area contributed by atoms with Gasteiger partial charge in [-0.3, -0.25) is 4.79 Å². The molecule has 1 amide bonds. The van der Waals surface area contributed by atoms with E-state index in [1.165, 1.54) is 28.4 Å². The molecule has 38 nitrogen and oxygen atoms in total. The molecule has 10 N–H and O–H groups in total. The molecule has 6 aromatic carbocycles. The van der Waals surface area contributed by atoms with Gasteiger partial charge in [0.2, 0.25) is 9.23 Å². The number of hydrogen-bond donors (Lipinski definition) is 7. The highest BCUT2D eigenvalue weighted by atomic mass is 127. The summed E-state index contributed by atoms with van der Waals surface area (Å²) < 4.78 is 78.3. The number of carbonyl (C=O) groups excluding carboxylic acids is 5. The molecule has 47 heteroatoms. The molecule has 764 valence electrons. The molecule has 12 aromatic rings. The van der Waals surface area contributed by atoms with Gasteiger partial charge < -0.3 is 112 Å². The van der Waals surface area contributed by atoms with Crippen LogP contribution in [0.1, 0.15) is 139 Å². The van der Waals surface area contributed by atoms with Gasteiger partial charge in [-0.1, -0.05) is 93.3 Å². The van der Waals surface area contributed by atoms with Gasteiger partial charge >= 0.3 is 23.9 Å². The molecule has 146 heavy (non-hydrogen) atoms. The fraction of sp³-hybridized carbons (Fsp3) is 0.313. The van der Waals surface area contributed by atoms with E-state index in [0.29, 0.717) is 182 Å². The summed E-state index contributed by atoms with van der Waals surface area (Å²) in [6.07, 6.45) is 4.95. The minimum atomic E-state index is -1.67. The summed E-state index contributed by atoms with van der Waals surface area (Å²) in [5, 5.41) is 74.5. The van der Waals surface area contributed by atoms with Crippen molar-refractivity contribution < 1.29 is 101 Å². The molecule has 0 fully saturated rings. The first-order valence-corrected chi connectivity index (χ1v) is 51.1. The number of alkyl halides is 1. The van der Waals surface area contributed by atoms with Gasteiger partial charge in [0, 0.05) is 50.4 Å². The summed E-state index contributed by atoms with van der Waals surface area (Å²) in [5.41, 5.74) is 12.6. The normalized spacial score (nSPS) is 12.4. The van der Waals surface area contributed by atoms with E-state index in [9.17, 15) is 44.4 Å². The second kappa shape index (κ2) is 52.1. The van der Waals surface area contributed by atoms with E-state index >= 15 is 0 Å². The van der Waals surface area contributed by atoms with Crippen LogP contribution in [0, 0.1) is 73.7 Å². The van der Waals surface area contributed by atoms with E-state index in [1.54, 1.807) is 87.1 Å². The van der Waals surface area contributed by atoms with Crippen LogP contribution in [0.5, 0.6) is 34.5 Å². The molecular weight excluding hydrogens is 2350 g/mol. The standard InChI is InChI=1S/C20H19N3O4.C19H18N4O3.C15H12BrN3O3.C14H12BrClN2O3.C14H13BrN2O4.C12H10BrIN2O2.C5H8O.Cl2OS.H3N/c1-20(2,25)8-6-13-4-5-16-14(12-13)18-22-17(19(24)26-3)15(7-9-21)23(18)10-11-27-16;1-19(2,25)7-5-12-3-4-15-13(11-12)18-22-16(17(21)24)14(6-8-20)23(18)9-10-26-15;1-21-15(20)13-11(4-5-17)19-6-7-22-12-3-2-9(16)8-10(12)14(19)18-13;1-20-14(19)12-10(7-16)18-4-5-21-11-3-2-8(15)6-9(11)13(18)17-12;1-20-14(19)12-10(7-18)17-4-5-21-11-3-2-8(15)6-9(11)13(17)16-12;13-7-1-2-10-8(5-7)12-15-11(14)9(6-17)16(12)3-4-18-10;1-4-5(2,3)6;1-4(2)3;/h4-5,12,25H,7,10-11H2,1-3H3;3-4,11,25H,6,9-10H2,1-2H3,(H2,21,24);2-3,8H,4,6-7H2,1H3;2-3,6H,4-5,7H2,1H3;2-3,6,18H,4-5,7H2,1H3;1-2,5,17H,3-4,6H2;1,6H,2-3H3;;1H3. The van der Waals surface area contributed by atoms with Crippen molar-refractivity contribution in [3.63, 3.8) is 0 Å². The Labute approximate surface area is 902 Å². The number of halogens is 8. The van der Waals surface area contributed by atoms with Crippen LogP contribution in [0.4, 0.5) is 0 Å². The SMILES string of the molecule is C#CC(C)(C)O.CC(C)(O)C#Cc1ccc2c(c1)-c1nc(C(N)=O)c(CC#N)n1CCO2.COC(=O)c1nc2n(c1CC#N)CCOc1ccc(Br)cc1-2.COC(=O)c1nc2n(c1CC#N)CCOc1ccc(C#CC(C)(C)O)cc1-2.COC(=O)c1nc2n(c1CCl)CCOc1ccc(Br)cc1-2.COC(=O)c1nc2n(c1CO)CCOc1ccc(Br)cc1-2.N.O=S(Cl)Cl.OCc1c(I)nc2n1CCOc1ccc(Br)cc1-2. The lowest BCUT2D eigenvalue weighted by Gasteiger charge is -2.08. The molecule has 0 saturated carbocycles. The van der Waals surface area contributed by atoms with Gasteiger partial charge in [-0.05, 0) is 173 Å². The number of nitriles is 3. The number of imidazole rings is 6. The number of hydrogen-bond acceptors (Lipinski definition) is 31. The third kappa shape index (κ3) is 28.6. The Kier molecular flexibility index (Phi) is 41.1. The van der Waals surface area contributed by atoms with E-state index in [1.807, 2.05) is 97.1 Å². The van der Waals surface area contributed by atoms with E-state index in [-0.39, 0.29) is 73.0 Å². The zero-order chi connectivity index (χ0) is 106. The van der Waals surface area contributed by atoms with Crippen molar-refractivity contribution in [3.05, 3.63) is 205 Å². The molecular formula is C99H95Br4Cl3IN17O21S. The number of fused-ring (bicyclic) bond motifs is 18. The third-order valence-corrected chi connectivity index (χ3v) is 24.4. The second-order valence-corrected chi connectivity index (χ2v) is 40.1. The minimum absolute atomic E-state index is 0. The Bertz CT molecular complexity index is 7150. The Morgan fingerprint density at radius 1 is 0.425 bits per heavy atom. The average Bonchev–Trinajstić information content (AvgIpc) is 1.66. The largest absolute Gasteiger partial charge is 0.491 e. The molecule has 6 aliphatic rings. The third-order valence-electron chi connectivity index (χ3n) is 21.3. The van der Waals surface area contributed by atoms with Gasteiger partial charge in [0.25, 0.3) is 5.91 Å². The molecule has 0 unspecified atom stereocenters. The maximum absolute atomic E-state index is 12.1. The van der Waals surface area contributed by atoms with Crippen molar-refractivity contribution >= 4 is 158 Å². The summed E-state index contributed by atoms with van der Waals surface area (Å²) in [6, 6.07) is 39.8.